The molecule has 1 N–H and O–H groups in total. The highest BCUT2D eigenvalue weighted by Gasteiger charge is 2.27. The van der Waals surface area contributed by atoms with Crippen molar-refractivity contribution in [1.29, 1.82) is 0 Å². The first kappa shape index (κ1) is 21.4. The van der Waals surface area contributed by atoms with Crippen molar-refractivity contribution >= 4 is 27.3 Å². The molecular weight excluding hydrogens is 410 g/mol. The summed E-state index contributed by atoms with van der Waals surface area (Å²) in [5.74, 6) is -1.70. The fourth-order valence-corrected chi connectivity index (χ4v) is 4.28. The van der Waals surface area contributed by atoms with Gasteiger partial charge in [-0.05, 0) is 79.6 Å². The lowest BCUT2D eigenvalue weighted by molar-refractivity contribution is -0.114. The summed E-state index contributed by atoms with van der Waals surface area (Å²) in [4.78, 5) is 12.5. The van der Waals surface area contributed by atoms with Crippen LogP contribution in [0.2, 0.25) is 0 Å². The van der Waals surface area contributed by atoms with E-state index in [9.17, 15) is 22.0 Å². The highest BCUT2D eigenvalue weighted by Crippen LogP contribution is 2.25. The van der Waals surface area contributed by atoms with Gasteiger partial charge in [-0.15, -0.1) is 0 Å². The summed E-state index contributed by atoms with van der Waals surface area (Å²) in [6, 6.07) is 14.4. The van der Waals surface area contributed by atoms with Gasteiger partial charge in [0, 0.05) is 5.69 Å². The molecule has 0 bridgehead atoms. The third kappa shape index (κ3) is 4.65. The van der Waals surface area contributed by atoms with E-state index in [1.165, 1.54) is 12.1 Å². The molecule has 0 heterocycles. The van der Waals surface area contributed by atoms with Gasteiger partial charge in [0.15, 0.2) is 0 Å². The molecule has 8 heteroatoms. The lowest BCUT2D eigenvalue weighted by atomic mass is 10.1. The normalized spacial score (nSPS) is 11.2. The number of amides is 1. The van der Waals surface area contributed by atoms with Crippen molar-refractivity contribution in [1.82, 2.24) is 0 Å². The van der Waals surface area contributed by atoms with Gasteiger partial charge in [0.25, 0.3) is 10.0 Å². The number of nitrogens with one attached hydrogen (secondary N) is 1. The van der Waals surface area contributed by atoms with Crippen LogP contribution in [0.1, 0.15) is 11.1 Å². The monoisotopic (exact) mass is 430 g/mol. The molecule has 3 aromatic carbocycles. The molecule has 0 saturated heterocycles. The summed E-state index contributed by atoms with van der Waals surface area (Å²) in [6.07, 6.45) is 0. The standard InChI is InChI=1S/C22H20F2N2O3S/c1-15-4-3-5-21(16(15)2)25-22(27)14-26(19-10-6-17(23)7-11-19)30(28,29)20-12-8-18(24)9-13-20/h3-13H,14H2,1-2H3,(H,25,27). The quantitative estimate of drug-likeness (QED) is 0.630. The van der Waals surface area contributed by atoms with Gasteiger partial charge in [0.1, 0.15) is 18.2 Å². The van der Waals surface area contributed by atoms with Crippen LogP contribution < -0.4 is 9.62 Å². The van der Waals surface area contributed by atoms with Crippen molar-refractivity contribution in [2.75, 3.05) is 16.2 Å². The van der Waals surface area contributed by atoms with E-state index in [0.717, 1.165) is 51.8 Å². The Bertz CT molecular complexity index is 1160. The number of nitrogens with zero attached hydrogens (tertiary/aromatic N) is 1. The fourth-order valence-electron chi connectivity index (χ4n) is 2.86. The maximum absolute atomic E-state index is 13.4. The molecule has 1 amide bonds. The van der Waals surface area contributed by atoms with Gasteiger partial charge in [0.05, 0.1) is 10.6 Å². The Labute approximate surface area is 174 Å². The van der Waals surface area contributed by atoms with Crippen LogP contribution in [0.5, 0.6) is 0 Å². The van der Waals surface area contributed by atoms with E-state index < -0.39 is 34.1 Å². The average molecular weight is 430 g/mol. The van der Waals surface area contributed by atoms with Gasteiger partial charge in [0.2, 0.25) is 5.91 Å². The molecule has 0 spiro atoms. The maximum atomic E-state index is 13.4. The summed E-state index contributed by atoms with van der Waals surface area (Å²) in [5.41, 5.74) is 2.51. The number of carbonyl (C=O) groups excluding carboxylic acids is 1. The second kappa shape index (κ2) is 8.62. The predicted octanol–water partition coefficient (Wildman–Crippen LogP) is 4.42. The lowest BCUT2D eigenvalue weighted by Crippen LogP contribution is -2.38. The van der Waals surface area contributed by atoms with Crippen LogP contribution in [-0.2, 0) is 14.8 Å². The zero-order chi connectivity index (χ0) is 21.9. The number of halogens is 2. The third-order valence-electron chi connectivity index (χ3n) is 4.68. The van der Waals surface area contributed by atoms with E-state index in [0.29, 0.717) is 5.69 Å². The molecule has 3 aromatic rings. The van der Waals surface area contributed by atoms with Crippen LogP contribution in [0.25, 0.3) is 0 Å². The zero-order valence-corrected chi connectivity index (χ0v) is 17.2. The van der Waals surface area contributed by atoms with E-state index in [4.69, 9.17) is 0 Å². The van der Waals surface area contributed by atoms with Gasteiger partial charge in [-0.1, -0.05) is 12.1 Å². The molecule has 30 heavy (non-hydrogen) atoms. The summed E-state index contributed by atoms with van der Waals surface area (Å²) in [7, 11) is -4.21. The summed E-state index contributed by atoms with van der Waals surface area (Å²) in [5, 5.41) is 2.72. The number of sulfonamides is 1. The van der Waals surface area contributed by atoms with Gasteiger partial charge in [-0.2, -0.15) is 0 Å². The highest BCUT2D eigenvalue weighted by atomic mass is 32.2. The Morgan fingerprint density at radius 2 is 1.47 bits per heavy atom. The van der Waals surface area contributed by atoms with Crippen LogP contribution in [0.15, 0.2) is 71.6 Å². The Morgan fingerprint density at radius 1 is 0.900 bits per heavy atom. The van der Waals surface area contributed by atoms with E-state index >= 15 is 0 Å². The predicted molar refractivity (Wildman–Crippen MR) is 112 cm³/mol. The second-order valence-corrected chi connectivity index (χ2v) is 8.60. The first-order chi connectivity index (χ1) is 14.2. The molecule has 0 unspecified atom stereocenters. The minimum atomic E-state index is -4.21. The number of anilines is 2. The number of carbonyl (C=O) groups is 1. The average Bonchev–Trinajstić information content (AvgIpc) is 2.71. The van der Waals surface area contributed by atoms with Crippen LogP contribution in [0.3, 0.4) is 0 Å². The summed E-state index contributed by atoms with van der Waals surface area (Å²) < 4.78 is 53.8. The fraction of sp³-hybridized carbons (Fsp3) is 0.136. The topological polar surface area (TPSA) is 66.5 Å². The molecule has 0 radical (unpaired) electrons. The molecule has 5 nitrogen and oxygen atoms in total. The SMILES string of the molecule is Cc1cccc(NC(=O)CN(c2ccc(F)cc2)S(=O)(=O)c2ccc(F)cc2)c1C. The first-order valence-corrected chi connectivity index (χ1v) is 10.5. The van der Waals surface area contributed by atoms with Crippen molar-refractivity contribution in [2.45, 2.75) is 18.7 Å². The smallest absolute Gasteiger partial charge is 0.264 e. The highest BCUT2D eigenvalue weighted by molar-refractivity contribution is 7.92. The Balaban J connectivity index is 1.95. The van der Waals surface area contributed by atoms with Gasteiger partial charge < -0.3 is 5.32 Å². The Kier molecular flexibility index (Phi) is 6.17. The molecule has 0 atom stereocenters. The maximum Gasteiger partial charge on any atom is 0.264 e. The van der Waals surface area contributed by atoms with Crippen molar-refractivity contribution in [3.05, 3.63) is 89.5 Å². The molecule has 156 valence electrons. The van der Waals surface area contributed by atoms with Crippen LogP contribution in [0.4, 0.5) is 20.2 Å². The van der Waals surface area contributed by atoms with E-state index in [1.807, 2.05) is 19.9 Å². The van der Waals surface area contributed by atoms with Crippen LogP contribution in [-0.4, -0.2) is 20.9 Å². The van der Waals surface area contributed by atoms with Crippen LogP contribution >= 0.6 is 0 Å². The van der Waals surface area contributed by atoms with Crippen LogP contribution in [0, 0.1) is 25.5 Å². The number of aryl methyl sites for hydroxylation is 1. The Hall–Kier alpha value is -3.26. The minimum absolute atomic E-state index is 0.108. The van der Waals surface area contributed by atoms with Gasteiger partial charge >= 0.3 is 0 Å². The number of rotatable bonds is 6. The molecule has 3 rings (SSSR count). The number of hydrogen-bond donors (Lipinski definition) is 1. The molecule has 0 saturated carbocycles. The molecule has 0 aliphatic carbocycles. The number of benzene rings is 3. The van der Waals surface area contributed by atoms with Crippen molar-refractivity contribution in [2.24, 2.45) is 0 Å². The third-order valence-corrected chi connectivity index (χ3v) is 6.47. The largest absolute Gasteiger partial charge is 0.324 e. The molecule has 0 aliphatic rings. The van der Waals surface area contributed by atoms with E-state index in [-0.39, 0.29) is 10.6 Å². The first-order valence-electron chi connectivity index (χ1n) is 9.08. The zero-order valence-electron chi connectivity index (χ0n) is 16.4. The molecular formula is C22H20F2N2O3S. The lowest BCUT2D eigenvalue weighted by Gasteiger charge is -2.24. The second-order valence-electron chi connectivity index (χ2n) is 6.74. The van der Waals surface area contributed by atoms with Gasteiger partial charge in [-0.3, -0.25) is 9.10 Å². The van der Waals surface area contributed by atoms with Crippen molar-refractivity contribution in [3.8, 4) is 0 Å². The van der Waals surface area contributed by atoms with Crippen molar-refractivity contribution < 1.29 is 22.0 Å². The summed E-state index contributed by atoms with van der Waals surface area (Å²) in [6.45, 7) is 3.20. The van der Waals surface area contributed by atoms with Gasteiger partial charge in [-0.25, -0.2) is 17.2 Å². The molecule has 0 aliphatic heterocycles. The Morgan fingerprint density at radius 3 is 2.07 bits per heavy atom. The van der Waals surface area contributed by atoms with Crippen molar-refractivity contribution in [3.63, 3.8) is 0 Å². The summed E-state index contributed by atoms with van der Waals surface area (Å²) >= 11 is 0. The minimum Gasteiger partial charge on any atom is -0.324 e. The molecule has 0 fully saturated rings. The number of hydrogen-bond acceptors (Lipinski definition) is 3. The van der Waals surface area contributed by atoms with E-state index in [1.54, 1.807) is 12.1 Å². The van der Waals surface area contributed by atoms with E-state index in [2.05, 4.69) is 5.32 Å². The molecule has 0 aromatic heterocycles.